The molecule has 0 radical (unpaired) electrons. The molecule has 0 saturated heterocycles. The van der Waals surface area contributed by atoms with E-state index in [1.807, 2.05) is 12.1 Å². The number of anilines is 1. The lowest BCUT2D eigenvalue weighted by atomic mass is 10.2. The lowest BCUT2D eigenvalue weighted by Crippen LogP contribution is -2.12. The number of benzene rings is 2. The van der Waals surface area contributed by atoms with Gasteiger partial charge in [-0.15, -0.1) is 0 Å². The minimum absolute atomic E-state index is 0.178. The first-order chi connectivity index (χ1) is 9.38. The van der Waals surface area contributed by atoms with Gasteiger partial charge in [-0.05, 0) is 29.8 Å². The molecule has 0 fully saturated rings. The van der Waals surface area contributed by atoms with Crippen LogP contribution in [0, 0.1) is 5.82 Å². The van der Waals surface area contributed by atoms with Gasteiger partial charge in [0.2, 0.25) is 10.0 Å². The molecule has 0 heterocycles. The molecule has 2 rings (SSSR count). The van der Waals surface area contributed by atoms with E-state index in [0.29, 0.717) is 11.6 Å². The van der Waals surface area contributed by atoms with Crippen LogP contribution in [0.15, 0.2) is 47.4 Å². The number of halogens is 2. The monoisotopic (exact) mass is 314 g/mol. The van der Waals surface area contributed by atoms with Crippen LogP contribution in [0.4, 0.5) is 10.1 Å². The van der Waals surface area contributed by atoms with Gasteiger partial charge < -0.3 is 5.32 Å². The standard InChI is InChI=1S/C13H12ClFN2O2S/c14-11-4-2-1-3-9(11)8-17-13-6-5-10(7-12(13)15)20(16,18)19/h1-7,17H,8H2,(H2,16,18,19). The van der Waals surface area contributed by atoms with Crippen LogP contribution in [-0.4, -0.2) is 8.42 Å². The van der Waals surface area contributed by atoms with Crippen LogP contribution in [0.3, 0.4) is 0 Å². The quantitative estimate of drug-likeness (QED) is 0.911. The maximum Gasteiger partial charge on any atom is 0.238 e. The summed E-state index contributed by atoms with van der Waals surface area (Å²) in [5.74, 6) is -0.691. The highest BCUT2D eigenvalue weighted by atomic mass is 35.5. The van der Waals surface area contributed by atoms with Crippen LogP contribution < -0.4 is 10.5 Å². The van der Waals surface area contributed by atoms with Gasteiger partial charge in [-0.2, -0.15) is 0 Å². The van der Waals surface area contributed by atoms with Crippen LogP contribution in [0.25, 0.3) is 0 Å². The first kappa shape index (κ1) is 14.8. The Morgan fingerprint density at radius 2 is 1.90 bits per heavy atom. The van der Waals surface area contributed by atoms with Crippen molar-refractivity contribution in [1.82, 2.24) is 0 Å². The van der Waals surface area contributed by atoms with Crippen LogP contribution in [0.1, 0.15) is 5.56 Å². The molecule has 0 spiro atoms. The van der Waals surface area contributed by atoms with Crippen molar-refractivity contribution in [3.63, 3.8) is 0 Å². The number of nitrogens with one attached hydrogen (secondary N) is 1. The molecule has 0 aromatic heterocycles. The molecule has 0 saturated carbocycles. The zero-order valence-electron chi connectivity index (χ0n) is 10.3. The average molecular weight is 315 g/mol. The van der Waals surface area contributed by atoms with E-state index in [0.717, 1.165) is 11.6 Å². The predicted octanol–water partition coefficient (Wildman–Crippen LogP) is 2.74. The molecule has 0 aliphatic carbocycles. The van der Waals surface area contributed by atoms with E-state index in [1.54, 1.807) is 12.1 Å². The Hall–Kier alpha value is -1.63. The van der Waals surface area contributed by atoms with Crippen LogP contribution in [-0.2, 0) is 16.6 Å². The zero-order valence-corrected chi connectivity index (χ0v) is 11.9. The molecule has 0 bridgehead atoms. The average Bonchev–Trinajstić information content (AvgIpc) is 2.38. The second kappa shape index (κ2) is 5.78. The second-order valence-corrected chi connectivity index (χ2v) is 6.10. The highest BCUT2D eigenvalue weighted by molar-refractivity contribution is 7.89. The van der Waals surface area contributed by atoms with Gasteiger partial charge in [-0.3, -0.25) is 0 Å². The largest absolute Gasteiger partial charge is 0.379 e. The van der Waals surface area contributed by atoms with Crippen molar-refractivity contribution < 1.29 is 12.8 Å². The Bertz CT molecular complexity index is 735. The molecule has 0 amide bonds. The normalized spacial score (nSPS) is 11.3. The lowest BCUT2D eigenvalue weighted by molar-refractivity contribution is 0.593. The van der Waals surface area contributed by atoms with Crippen LogP contribution >= 0.6 is 11.6 Å². The van der Waals surface area contributed by atoms with Crippen LogP contribution in [0.2, 0.25) is 5.02 Å². The molecular formula is C13H12ClFN2O2S. The van der Waals surface area contributed by atoms with Crippen molar-refractivity contribution in [2.45, 2.75) is 11.4 Å². The number of nitrogens with two attached hydrogens (primary N) is 1. The Morgan fingerprint density at radius 1 is 1.20 bits per heavy atom. The smallest absolute Gasteiger partial charge is 0.238 e. The van der Waals surface area contributed by atoms with Gasteiger partial charge in [0, 0.05) is 11.6 Å². The third-order valence-corrected chi connectivity index (χ3v) is 3.98. The Labute approximate surface area is 121 Å². The molecule has 3 N–H and O–H groups in total. The number of hydrogen-bond donors (Lipinski definition) is 2. The van der Waals surface area contributed by atoms with Crippen molar-refractivity contribution in [3.05, 3.63) is 58.9 Å². The molecule has 0 aliphatic heterocycles. The topological polar surface area (TPSA) is 72.2 Å². The SMILES string of the molecule is NS(=O)(=O)c1ccc(NCc2ccccc2Cl)c(F)c1. The predicted molar refractivity (Wildman–Crippen MR) is 76.6 cm³/mol. The summed E-state index contributed by atoms with van der Waals surface area (Å²) in [6.07, 6.45) is 0. The zero-order chi connectivity index (χ0) is 14.8. The van der Waals surface area contributed by atoms with Crippen molar-refractivity contribution in [1.29, 1.82) is 0 Å². The molecule has 2 aromatic rings. The summed E-state index contributed by atoms with van der Waals surface area (Å²) in [6.45, 7) is 0.325. The van der Waals surface area contributed by atoms with E-state index in [4.69, 9.17) is 16.7 Å². The first-order valence-corrected chi connectivity index (χ1v) is 7.60. The Morgan fingerprint density at radius 3 is 2.50 bits per heavy atom. The van der Waals surface area contributed by atoms with Gasteiger partial charge >= 0.3 is 0 Å². The molecular weight excluding hydrogens is 303 g/mol. The fourth-order valence-corrected chi connectivity index (χ4v) is 2.38. The van der Waals surface area contributed by atoms with E-state index in [1.165, 1.54) is 12.1 Å². The summed E-state index contributed by atoms with van der Waals surface area (Å²) in [5, 5.41) is 8.35. The van der Waals surface area contributed by atoms with Gasteiger partial charge in [0.25, 0.3) is 0 Å². The molecule has 4 nitrogen and oxygen atoms in total. The van der Waals surface area contributed by atoms with E-state index in [9.17, 15) is 12.8 Å². The maximum absolute atomic E-state index is 13.8. The number of sulfonamides is 1. The highest BCUT2D eigenvalue weighted by Gasteiger charge is 2.11. The summed E-state index contributed by atoms with van der Waals surface area (Å²) in [6, 6.07) is 10.6. The minimum atomic E-state index is -3.90. The Balaban J connectivity index is 2.17. The number of hydrogen-bond acceptors (Lipinski definition) is 3. The summed E-state index contributed by atoms with van der Waals surface area (Å²) >= 11 is 5.99. The number of rotatable bonds is 4. The second-order valence-electron chi connectivity index (χ2n) is 4.13. The van der Waals surface area contributed by atoms with Gasteiger partial charge in [0.1, 0.15) is 5.82 Å². The Kier molecular flexibility index (Phi) is 4.27. The van der Waals surface area contributed by atoms with Crippen LogP contribution in [0.5, 0.6) is 0 Å². The third-order valence-electron chi connectivity index (χ3n) is 2.70. The molecule has 7 heteroatoms. The van der Waals surface area contributed by atoms with Crippen molar-refractivity contribution in [2.75, 3.05) is 5.32 Å². The molecule has 0 unspecified atom stereocenters. The minimum Gasteiger partial charge on any atom is -0.379 e. The van der Waals surface area contributed by atoms with Gasteiger partial charge in [-0.25, -0.2) is 17.9 Å². The van der Waals surface area contributed by atoms with E-state index in [2.05, 4.69) is 5.32 Å². The fraction of sp³-hybridized carbons (Fsp3) is 0.0769. The van der Waals surface area contributed by atoms with Crippen molar-refractivity contribution >= 4 is 27.3 Å². The molecule has 2 aromatic carbocycles. The fourth-order valence-electron chi connectivity index (χ4n) is 1.65. The summed E-state index contributed by atoms with van der Waals surface area (Å²) in [7, 11) is -3.90. The van der Waals surface area contributed by atoms with E-state index >= 15 is 0 Å². The maximum atomic E-state index is 13.8. The molecule has 106 valence electrons. The highest BCUT2D eigenvalue weighted by Crippen LogP contribution is 2.21. The summed E-state index contributed by atoms with van der Waals surface area (Å²) in [4.78, 5) is -0.265. The van der Waals surface area contributed by atoms with Gasteiger partial charge in [0.15, 0.2) is 0 Å². The molecule has 20 heavy (non-hydrogen) atoms. The molecule has 0 aliphatic rings. The van der Waals surface area contributed by atoms with Crippen molar-refractivity contribution in [2.24, 2.45) is 5.14 Å². The van der Waals surface area contributed by atoms with E-state index in [-0.39, 0.29) is 10.6 Å². The van der Waals surface area contributed by atoms with Crippen molar-refractivity contribution in [3.8, 4) is 0 Å². The first-order valence-electron chi connectivity index (χ1n) is 5.67. The summed E-state index contributed by atoms with van der Waals surface area (Å²) < 4.78 is 36.0. The van der Waals surface area contributed by atoms with Gasteiger partial charge in [0.05, 0.1) is 10.6 Å². The van der Waals surface area contributed by atoms with Gasteiger partial charge in [-0.1, -0.05) is 29.8 Å². The lowest BCUT2D eigenvalue weighted by Gasteiger charge is -2.09. The summed E-state index contributed by atoms with van der Waals surface area (Å²) in [5.41, 5.74) is 0.987. The third kappa shape index (κ3) is 3.47. The number of primary sulfonamides is 1. The van der Waals surface area contributed by atoms with E-state index < -0.39 is 15.8 Å². The molecule has 0 atom stereocenters.